The van der Waals surface area contributed by atoms with Crippen molar-refractivity contribution >= 4 is 32.7 Å². The largest absolute Gasteiger partial charge is 0.456 e. The fourth-order valence-electron chi connectivity index (χ4n) is 7.38. The van der Waals surface area contributed by atoms with E-state index in [0.717, 1.165) is 61.5 Å². The molecule has 3 nitrogen and oxygen atoms in total. The van der Waals surface area contributed by atoms with Crippen LogP contribution >= 0.6 is 0 Å². The molecule has 0 fully saturated rings. The molecule has 0 unspecified atom stereocenters. The highest BCUT2D eigenvalue weighted by atomic mass is 16.5. The maximum absolute atomic E-state index is 6.72. The van der Waals surface area contributed by atoms with Crippen LogP contribution in [-0.2, 0) is 0 Å². The van der Waals surface area contributed by atoms with Gasteiger partial charge in [0.05, 0.1) is 22.2 Å². The average molecular weight is 613 g/mol. The Bertz CT molecular complexity index is 2690. The Morgan fingerprint density at radius 1 is 0.396 bits per heavy atom. The molecule has 0 amide bonds. The van der Waals surface area contributed by atoms with Gasteiger partial charge in [0.25, 0.3) is 0 Å². The van der Waals surface area contributed by atoms with E-state index in [4.69, 9.17) is 9.72 Å². The second-order valence-electron chi connectivity index (χ2n) is 12.3. The average Bonchev–Trinajstić information content (AvgIpc) is 3.40. The SMILES string of the molecule is c1ccc(-c2cc(-c3ccc(-n4c5ccccc5c5cc6c(cc54)Oc4ccccc4-c4ccccc4-6)cc3)nc3ccccc23)cc1. The number of hydrogen-bond acceptors (Lipinski definition) is 2. The summed E-state index contributed by atoms with van der Waals surface area (Å²) in [6.45, 7) is 0. The number of nitrogens with zero attached hydrogens (tertiary/aromatic N) is 2. The molecule has 2 aromatic heterocycles. The van der Waals surface area contributed by atoms with Crippen LogP contribution in [0.15, 0.2) is 170 Å². The topological polar surface area (TPSA) is 27.1 Å². The number of rotatable bonds is 3. The van der Waals surface area contributed by atoms with Crippen molar-refractivity contribution in [3.63, 3.8) is 0 Å². The van der Waals surface area contributed by atoms with Gasteiger partial charge in [-0.1, -0.05) is 121 Å². The van der Waals surface area contributed by atoms with Gasteiger partial charge in [0.1, 0.15) is 11.5 Å². The highest BCUT2D eigenvalue weighted by Gasteiger charge is 2.23. The van der Waals surface area contributed by atoms with Crippen LogP contribution in [0, 0.1) is 0 Å². The molecule has 1 aliphatic heterocycles. The molecule has 3 heteroatoms. The lowest BCUT2D eigenvalue weighted by Gasteiger charge is -2.13. The predicted octanol–water partition coefficient (Wildman–Crippen LogP) is 12.1. The Morgan fingerprint density at radius 2 is 1.06 bits per heavy atom. The molecule has 0 saturated heterocycles. The van der Waals surface area contributed by atoms with Gasteiger partial charge >= 0.3 is 0 Å². The van der Waals surface area contributed by atoms with Crippen molar-refractivity contribution in [3.8, 4) is 61.8 Å². The molecule has 224 valence electrons. The number of fused-ring (bicyclic) bond motifs is 9. The van der Waals surface area contributed by atoms with Gasteiger partial charge in [0.15, 0.2) is 0 Å². The minimum atomic E-state index is 0.856. The van der Waals surface area contributed by atoms with Crippen molar-refractivity contribution in [2.24, 2.45) is 0 Å². The summed E-state index contributed by atoms with van der Waals surface area (Å²) in [5, 5.41) is 3.56. The molecule has 48 heavy (non-hydrogen) atoms. The zero-order valence-electron chi connectivity index (χ0n) is 26.0. The Kier molecular flexibility index (Phi) is 5.87. The number of pyridine rings is 1. The van der Waals surface area contributed by atoms with Gasteiger partial charge in [-0.25, -0.2) is 4.98 Å². The van der Waals surface area contributed by atoms with Crippen molar-refractivity contribution in [3.05, 3.63) is 170 Å². The summed E-state index contributed by atoms with van der Waals surface area (Å²) in [5.74, 6) is 1.72. The second kappa shape index (κ2) is 10.5. The lowest BCUT2D eigenvalue weighted by molar-refractivity contribution is 0.488. The summed E-state index contributed by atoms with van der Waals surface area (Å²) in [5.41, 5.74) is 13.3. The molecule has 0 bridgehead atoms. The first-order chi connectivity index (χ1) is 23.8. The number of para-hydroxylation sites is 3. The highest BCUT2D eigenvalue weighted by Crippen LogP contribution is 2.49. The molecule has 3 heterocycles. The van der Waals surface area contributed by atoms with Crippen LogP contribution in [-0.4, -0.2) is 9.55 Å². The van der Waals surface area contributed by atoms with Crippen LogP contribution in [0.3, 0.4) is 0 Å². The lowest BCUT2D eigenvalue weighted by Crippen LogP contribution is -1.95. The van der Waals surface area contributed by atoms with E-state index in [9.17, 15) is 0 Å². The molecule has 0 N–H and O–H groups in total. The third kappa shape index (κ3) is 4.11. The first-order valence-corrected chi connectivity index (χ1v) is 16.3. The zero-order chi connectivity index (χ0) is 31.6. The van der Waals surface area contributed by atoms with E-state index in [-0.39, 0.29) is 0 Å². The molecular weight excluding hydrogens is 585 g/mol. The van der Waals surface area contributed by atoms with Crippen LogP contribution in [0.2, 0.25) is 0 Å². The molecular formula is C45H28N2O. The quantitative estimate of drug-likeness (QED) is 0.198. The van der Waals surface area contributed by atoms with Crippen LogP contribution in [0.5, 0.6) is 11.5 Å². The molecule has 0 aliphatic carbocycles. The van der Waals surface area contributed by atoms with Gasteiger partial charge in [-0.15, -0.1) is 0 Å². The third-order valence-corrected chi connectivity index (χ3v) is 9.61. The van der Waals surface area contributed by atoms with Crippen molar-refractivity contribution in [1.82, 2.24) is 9.55 Å². The highest BCUT2D eigenvalue weighted by molar-refractivity contribution is 6.12. The first-order valence-electron chi connectivity index (χ1n) is 16.3. The fourth-order valence-corrected chi connectivity index (χ4v) is 7.38. The Balaban J connectivity index is 1.15. The van der Waals surface area contributed by atoms with E-state index < -0.39 is 0 Å². The number of benzene rings is 7. The monoisotopic (exact) mass is 612 g/mol. The number of ether oxygens (including phenoxy) is 1. The number of aromatic nitrogens is 2. The van der Waals surface area contributed by atoms with E-state index in [0.29, 0.717) is 0 Å². The second-order valence-corrected chi connectivity index (χ2v) is 12.3. The van der Waals surface area contributed by atoms with Gasteiger partial charge in [0, 0.05) is 44.6 Å². The van der Waals surface area contributed by atoms with Gasteiger partial charge in [-0.3, -0.25) is 0 Å². The normalized spacial score (nSPS) is 11.9. The van der Waals surface area contributed by atoms with Crippen LogP contribution in [0.1, 0.15) is 0 Å². The van der Waals surface area contributed by atoms with Crippen LogP contribution in [0.4, 0.5) is 0 Å². The molecule has 1 aliphatic rings. The molecule has 0 radical (unpaired) electrons. The van der Waals surface area contributed by atoms with Crippen molar-refractivity contribution < 1.29 is 4.74 Å². The smallest absolute Gasteiger partial charge is 0.137 e. The molecule has 9 aromatic rings. The maximum Gasteiger partial charge on any atom is 0.137 e. The van der Waals surface area contributed by atoms with Crippen molar-refractivity contribution in [1.29, 1.82) is 0 Å². The van der Waals surface area contributed by atoms with E-state index in [1.54, 1.807) is 0 Å². The summed E-state index contributed by atoms with van der Waals surface area (Å²) in [6, 6.07) is 60.1. The lowest BCUT2D eigenvalue weighted by atomic mass is 9.94. The van der Waals surface area contributed by atoms with Gasteiger partial charge in [-0.2, -0.15) is 0 Å². The van der Waals surface area contributed by atoms with Gasteiger partial charge in [-0.05, 0) is 64.7 Å². The van der Waals surface area contributed by atoms with E-state index in [1.807, 2.05) is 6.07 Å². The molecule has 0 spiro atoms. The Labute approximate surface area is 278 Å². The fraction of sp³-hybridized carbons (Fsp3) is 0. The molecule has 7 aromatic carbocycles. The zero-order valence-corrected chi connectivity index (χ0v) is 26.0. The third-order valence-electron chi connectivity index (χ3n) is 9.61. The van der Waals surface area contributed by atoms with E-state index in [1.165, 1.54) is 33.0 Å². The summed E-state index contributed by atoms with van der Waals surface area (Å²) in [6.07, 6.45) is 0. The molecule has 0 saturated carbocycles. The molecule has 10 rings (SSSR count). The van der Waals surface area contributed by atoms with E-state index in [2.05, 4.69) is 168 Å². The van der Waals surface area contributed by atoms with E-state index >= 15 is 0 Å². The first kappa shape index (κ1) is 26.7. The Hall–Kier alpha value is -6.45. The van der Waals surface area contributed by atoms with Gasteiger partial charge < -0.3 is 9.30 Å². The van der Waals surface area contributed by atoms with Crippen molar-refractivity contribution in [2.45, 2.75) is 0 Å². The minimum absolute atomic E-state index is 0.856. The Morgan fingerprint density at radius 3 is 1.90 bits per heavy atom. The van der Waals surface area contributed by atoms with Crippen LogP contribution < -0.4 is 4.74 Å². The minimum Gasteiger partial charge on any atom is -0.456 e. The summed E-state index contributed by atoms with van der Waals surface area (Å²) in [7, 11) is 0. The number of hydrogen-bond donors (Lipinski definition) is 0. The van der Waals surface area contributed by atoms with Crippen LogP contribution in [0.25, 0.3) is 83.0 Å². The standard InChI is InChI=1S/C45H28N2O/c1-2-12-29(13-3-1)37-27-41(46-40-19-9-6-16-34(37)40)30-22-24-31(25-23-30)47-42-20-10-7-17-35(42)38-26-39-33-15-5-4-14-32(33)36-18-8-11-21-44(36)48-45(39)28-43(38)47/h1-28H. The molecule has 0 atom stereocenters. The summed E-state index contributed by atoms with van der Waals surface area (Å²) in [4.78, 5) is 5.09. The predicted molar refractivity (Wildman–Crippen MR) is 198 cm³/mol. The summed E-state index contributed by atoms with van der Waals surface area (Å²) < 4.78 is 9.07. The van der Waals surface area contributed by atoms with Gasteiger partial charge in [0.2, 0.25) is 0 Å². The maximum atomic E-state index is 6.72. The summed E-state index contributed by atoms with van der Waals surface area (Å²) >= 11 is 0. The van der Waals surface area contributed by atoms with Crippen molar-refractivity contribution in [2.75, 3.05) is 0 Å².